The molecule has 5 heteroatoms. The average Bonchev–Trinajstić information content (AvgIpc) is 1.78. The van der Waals surface area contributed by atoms with Crippen LogP contribution in [0.5, 0.6) is 0 Å². The van der Waals surface area contributed by atoms with Crippen LogP contribution in [-0.2, 0) is 18.8 Å². The van der Waals surface area contributed by atoms with Crippen LogP contribution < -0.4 is 0 Å². The molecule has 54 valence electrons. The van der Waals surface area contributed by atoms with Crippen molar-refractivity contribution in [3.63, 3.8) is 0 Å². The van der Waals surface area contributed by atoms with Crippen LogP contribution in [0.4, 0.5) is 0 Å². The fourth-order valence-corrected chi connectivity index (χ4v) is 1.62. The van der Waals surface area contributed by atoms with E-state index in [-0.39, 0.29) is 6.61 Å². The molecule has 1 aliphatic heterocycles. The number of hydrogen-bond acceptors (Lipinski definition) is 4. The zero-order valence-electron chi connectivity index (χ0n) is 5.25. The Labute approximate surface area is 54.1 Å². The van der Waals surface area contributed by atoms with Crippen molar-refractivity contribution < 1.29 is 16.8 Å². The SMILES string of the molecule is CC1(C)COS(=O)(=O)O1. The van der Waals surface area contributed by atoms with Crippen molar-refractivity contribution in [1.82, 2.24) is 0 Å². The first kappa shape index (κ1) is 6.98. The molecule has 0 bridgehead atoms. The first-order chi connectivity index (χ1) is 3.91. The molecule has 0 spiro atoms. The molecule has 1 fully saturated rings. The van der Waals surface area contributed by atoms with Gasteiger partial charge in [-0.2, -0.15) is 8.42 Å². The third kappa shape index (κ3) is 1.64. The predicted molar refractivity (Wildman–Crippen MR) is 30.0 cm³/mol. The minimum Gasteiger partial charge on any atom is -0.245 e. The topological polar surface area (TPSA) is 52.6 Å². The van der Waals surface area contributed by atoms with Crippen molar-refractivity contribution in [3.8, 4) is 0 Å². The van der Waals surface area contributed by atoms with E-state index in [4.69, 9.17) is 0 Å². The lowest BCUT2D eigenvalue weighted by Gasteiger charge is -2.08. The third-order valence-corrected chi connectivity index (χ3v) is 1.94. The van der Waals surface area contributed by atoms with Gasteiger partial charge in [-0.05, 0) is 13.8 Å². The first-order valence-electron chi connectivity index (χ1n) is 2.51. The Kier molecular flexibility index (Phi) is 1.30. The second-order valence-corrected chi connectivity index (χ2v) is 3.73. The Morgan fingerprint density at radius 2 is 2.00 bits per heavy atom. The summed E-state index contributed by atoms with van der Waals surface area (Å²) >= 11 is 0. The van der Waals surface area contributed by atoms with Gasteiger partial charge in [-0.3, -0.25) is 0 Å². The van der Waals surface area contributed by atoms with Gasteiger partial charge in [0.15, 0.2) is 0 Å². The van der Waals surface area contributed by atoms with E-state index >= 15 is 0 Å². The molecule has 0 saturated carbocycles. The maximum absolute atomic E-state index is 10.4. The van der Waals surface area contributed by atoms with E-state index in [0.29, 0.717) is 0 Å². The normalized spacial score (nSPS) is 30.4. The molecule has 4 nitrogen and oxygen atoms in total. The molecular weight excluding hydrogens is 144 g/mol. The van der Waals surface area contributed by atoms with Crippen molar-refractivity contribution in [2.24, 2.45) is 0 Å². The average molecular weight is 152 g/mol. The molecule has 0 aromatic rings. The Bertz CT molecular complexity index is 203. The molecule has 0 unspecified atom stereocenters. The van der Waals surface area contributed by atoms with Crippen LogP contribution in [0.15, 0.2) is 0 Å². The molecule has 0 atom stereocenters. The Morgan fingerprint density at radius 3 is 2.11 bits per heavy atom. The lowest BCUT2D eigenvalue weighted by Crippen LogP contribution is -2.21. The predicted octanol–water partition coefficient (Wildman–Crippen LogP) is 0.0566. The fourth-order valence-electron chi connectivity index (χ4n) is 0.538. The summed E-state index contributed by atoms with van der Waals surface area (Å²) in [6.45, 7) is 3.41. The van der Waals surface area contributed by atoms with Gasteiger partial charge < -0.3 is 0 Å². The lowest BCUT2D eigenvalue weighted by molar-refractivity contribution is 0.139. The lowest BCUT2D eigenvalue weighted by atomic mass is 10.2. The van der Waals surface area contributed by atoms with Gasteiger partial charge in [0.1, 0.15) is 5.60 Å². The van der Waals surface area contributed by atoms with E-state index < -0.39 is 16.0 Å². The van der Waals surface area contributed by atoms with Crippen LogP contribution in [0, 0.1) is 0 Å². The van der Waals surface area contributed by atoms with Crippen LogP contribution in [0.3, 0.4) is 0 Å². The molecule has 9 heavy (non-hydrogen) atoms. The van der Waals surface area contributed by atoms with Gasteiger partial charge >= 0.3 is 10.4 Å². The molecule has 1 rings (SSSR count). The molecule has 0 radical (unpaired) electrons. The van der Waals surface area contributed by atoms with E-state index in [1.807, 2.05) is 0 Å². The highest BCUT2D eigenvalue weighted by Crippen LogP contribution is 2.22. The first-order valence-corrected chi connectivity index (χ1v) is 3.85. The molecule has 0 N–H and O–H groups in total. The van der Waals surface area contributed by atoms with Crippen LogP contribution in [0.1, 0.15) is 13.8 Å². The fraction of sp³-hybridized carbons (Fsp3) is 1.00. The largest absolute Gasteiger partial charge is 0.400 e. The van der Waals surface area contributed by atoms with E-state index in [9.17, 15) is 8.42 Å². The molecule has 0 aromatic carbocycles. The maximum atomic E-state index is 10.4. The van der Waals surface area contributed by atoms with Gasteiger partial charge in [0.2, 0.25) is 0 Å². The van der Waals surface area contributed by atoms with Gasteiger partial charge in [0.25, 0.3) is 0 Å². The van der Waals surface area contributed by atoms with Crippen molar-refractivity contribution in [2.45, 2.75) is 19.4 Å². The van der Waals surface area contributed by atoms with Gasteiger partial charge in [-0.1, -0.05) is 0 Å². The van der Waals surface area contributed by atoms with Crippen molar-refractivity contribution in [2.75, 3.05) is 6.61 Å². The van der Waals surface area contributed by atoms with E-state index in [0.717, 1.165) is 0 Å². The third-order valence-electron chi connectivity index (χ3n) is 0.879. The second kappa shape index (κ2) is 1.68. The standard InChI is InChI=1S/C4H8O4S/c1-4(2)3-7-9(5,6)8-4/h3H2,1-2H3. The second-order valence-electron chi connectivity index (χ2n) is 2.51. The molecular formula is C4H8O4S. The van der Waals surface area contributed by atoms with Crippen LogP contribution in [0.25, 0.3) is 0 Å². The number of hydrogen-bond donors (Lipinski definition) is 0. The summed E-state index contributed by atoms with van der Waals surface area (Å²) in [5, 5.41) is 0. The Morgan fingerprint density at radius 1 is 1.44 bits per heavy atom. The van der Waals surface area contributed by atoms with Crippen LogP contribution in [-0.4, -0.2) is 20.6 Å². The number of rotatable bonds is 0. The summed E-state index contributed by atoms with van der Waals surface area (Å²) in [4.78, 5) is 0. The maximum Gasteiger partial charge on any atom is 0.400 e. The van der Waals surface area contributed by atoms with E-state index in [1.165, 1.54) is 0 Å². The van der Waals surface area contributed by atoms with Crippen molar-refractivity contribution >= 4 is 10.4 Å². The zero-order chi connectivity index (χ0) is 7.12. The minimum atomic E-state index is -3.65. The van der Waals surface area contributed by atoms with E-state index in [2.05, 4.69) is 8.37 Å². The highest BCUT2D eigenvalue weighted by Gasteiger charge is 2.36. The van der Waals surface area contributed by atoms with Crippen LogP contribution >= 0.6 is 0 Å². The summed E-state index contributed by atoms with van der Waals surface area (Å²) in [6, 6.07) is 0. The van der Waals surface area contributed by atoms with Crippen molar-refractivity contribution in [3.05, 3.63) is 0 Å². The minimum absolute atomic E-state index is 0.106. The summed E-state index contributed by atoms with van der Waals surface area (Å²) in [7, 11) is -3.65. The Hall–Kier alpha value is -0.130. The smallest absolute Gasteiger partial charge is 0.245 e. The summed E-state index contributed by atoms with van der Waals surface area (Å²) in [5.41, 5.74) is -0.682. The quantitative estimate of drug-likeness (QED) is 0.492. The summed E-state index contributed by atoms with van der Waals surface area (Å²) in [6.07, 6.45) is 0. The molecule has 0 amide bonds. The molecule has 0 aliphatic carbocycles. The highest BCUT2D eigenvalue weighted by molar-refractivity contribution is 7.82. The molecule has 1 saturated heterocycles. The molecule has 0 aromatic heterocycles. The summed E-state index contributed by atoms with van der Waals surface area (Å²) < 4.78 is 29.6. The molecule has 1 aliphatic rings. The Balaban J connectivity index is 2.81. The van der Waals surface area contributed by atoms with E-state index in [1.54, 1.807) is 13.8 Å². The van der Waals surface area contributed by atoms with Gasteiger partial charge in [-0.15, -0.1) is 0 Å². The van der Waals surface area contributed by atoms with Gasteiger partial charge in [0.05, 0.1) is 6.61 Å². The van der Waals surface area contributed by atoms with Gasteiger partial charge in [0, 0.05) is 0 Å². The highest BCUT2D eigenvalue weighted by atomic mass is 32.3. The zero-order valence-corrected chi connectivity index (χ0v) is 6.06. The van der Waals surface area contributed by atoms with Crippen LogP contribution in [0.2, 0.25) is 0 Å². The van der Waals surface area contributed by atoms with Gasteiger partial charge in [-0.25, -0.2) is 8.37 Å². The monoisotopic (exact) mass is 152 g/mol. The summed E-state index contributed by atoms with van der Waals surface area (Å²) in [5.74, 6) is 0. The van der Waals surface area contributed by atoms with Crippen molar-refractivity contribution in [1.29, 1.82) is 0 Å². The molecule has 1 heterocycles.